The molecule has 0 fully saturated rings. The van der Waals surface area contributed by atoms with Crippen LogP contribution in [0.1, 0.15) is 19.3 Å². The highest BCUT2D eigenvalue weighted by Gasteiger charge is 1.86. The van der Waals surface area contributed by atoms with Crippen LogP contribution in [0.15, 0.2) is 0 Å². The van der Waals surface area contributed by atoms with Crippen LogP contribution < -0.4 is 11.1 Å². The van der Waals surface area contributed by atoms with Crippen molar-refractivity contribution in [2.24, 2.45) is 5.73 Å². The predicted octanol–water partition coefficient (Wildman–Crippen LogP) is -0.0961. The average molecular weight is 144 g/mol. The Morgan fingerprint density at radius 1 is 1.30 bits per heavy atom. The van der Waals surface area contributed by atoms with Crippen molar-refractivity contribution in [3.63, 3.8) is 0 Å². The van der Waals surface area contributed by atoms with Gasteiger partial charge < -0.3 is 15.8 Å². The summed E-state index contributed by atoms with van der Waals surface area (Å²) in [6.07, 6.45) is 4.24. The normalized spacial score (nSPS) is 9.70. The van der Waals surface area contributed by atoms with Gasteiger partial charge in [-0.25, -0.2) is 0 Å². The van der Waals surface area contributed by atoms with Gasteiger partial charge in [0.2, 0.25) is 0 Å². The van der Waals surface area contributed by atoms with Gasteiger partial charge in [0, 0.05) is 0 Å². The zero-order chi connectivity index (χ0) is 7.66. The molecule has 0 amide bonds. The molecule has 0 spiro atoms. The summed E-state index contributed by atoms with van der Waals surface area (Å²) in [5.74, 6) is 0. The fourth-order valence-corrected chi connectivity index (χ4v) is 0.732. The first-order valence-electron chi connectivity index (χ1n) is 3.76. The summed E-state index contributed by atoms with van der Waals surface area (Å²) in [6.45, 7) is 2.18. The van der Waals surface area contributed by atoms with E-state index in [-0.39, 0.29) is 0 Å². The van der Waals surface area contributed by atoms with Gasteiger partial charge in [-0.15, -0.1) is 0 Å². The number of hydrogen-bond acceptors (Lipinski definition) is 3. The monoisotopic (exact) mass is 144 g/mol. The summed E-state index contributed by atoms with van der Waals surface area (Å²) in [4.78, 5) is 9.81. The highest BCUT2D eigenvalue weighted by Crippen LogP contribution is 1.89. The lowest BCUT2D eigenvalue weighted by molar-refractivity contribution is -0.107. The first-order chi connectivity index (χ1) is 4.91. The van der Waals surface area contributed by atoms with Crippen molar-refractivity contribution in [2.45, 2.75) is 19.3 Å². The minimum Gasteiger partial charge on any atom is -0.330 e. The van der Waals surface area contributed by atoms with Crippen LogP contribution >= 0.6 is 0 Å². The maximum absolute atomic E-state index is 9.81. The third kappa shape index (κ3) is 7.59. The van der Waals surface area contributed by atoms with Gasteiger partial charge in [0.1, 0.15) is 6.29 Å². The van der Waals surface area contributed by atoms with Crippen molar-refractivity contribution in [3.05, 3.63) is 0 Å². The van der Waals surface area contributed by atoms with Gasteiger partial charge in [-0.1, -0.05) is 6.42 Å². The molecule has 0 aromatic heterocycles. The quantitative estimate of drug-likeness (QED) is 0.387. The third-order valence-corrected chi connectivity index (χ3v) is 1.29. The zero-order valence-electron chi connectivity index (χ0n) is 6.31. The summed E-state index contributed by atoms with van der Waals surface area (Å²) >= 11 is 0. The molecule has 0 rings (SSSR count). The van der Waals surface area contributed by atoms with E-state index in [1.54, 1.807) is 0 Å². The molecule has 0 radical (unpaired) electrons. The van der Waals surface area contributed by atoms with Gasteiger partial charge in [0.05, 0.1) is 6.54 Å². The molecule has 0 aliphatic rings. The molecule has 60 valence electrons. The summed E-state index contributed by atoms with van der Waals surface area (Å²) in [5, 5.41) is 2.99. The highest BCUT2D eigenvalue weighted by atomic mass is 16.1. The van der Waals surface area contributed by atoms with Crippen molar-refractivity contribution in [1.29, 1.82) is 0 Å². The first-order valence-corrected chi connectivity index (χ1v) is 3.76. The molecule has 3 heteroatoms. The van der Waals surface area contributed by atoms with E-state index in [1.807, 2.05) is 0 Å². The molecule has 0 unspecified atom stereocenters. The maximum atomic E-state index is 9.81. The van der Waals surface area contributed by atoms with Crippen LogP contribution in [0.4, 0.5) is 0 Å². The van der Waals surface area contributed by atoms with Crippen LogP contribution in [0.3, 0.4) is 0 Å². The summed E-state index contributed by atoms with van der Waals surface area (Å²) in [7, 11) is 0. The molecule has 0 aliphatic carbocycles. The first kappa shape index (κ1) is 9.59. The van der Waals surface area contributed by atoms with E-state index in [0.29, 0.717) is 6.54 Å². The summed E-state index contributed by atoms with van der Waals surface area (Å²) < 4.78 is 0. The number of rotatable bonds is 7. The van der Waals surface area contributed by atoms with Gasteiger partial charge >= 0.3 is 0 Å². The average Bonchev–Trinajstić information content (AvgIpc) is 1.97. The molecule has 0 bridgehead atoms. The minimum absolute atomic E-state index is 0.475. The van der Waals surface area contributed by atoms with E-state index in [9.17, 15) is 4.79 Å². The second-order valence-corrected chi connectivity index (χ2v) is 2.22. The molecule has 0 aromatic rings. The smallest absolute Gasteiger partial charge is 0.133 e. The van der Waals surface area contributed by atoms with E-state index in [4.69, 9.17) is 5.73 Å². The molecule has 10 heavy (non-hydrogen) atoms. The molecule has 0 aliphatic heterocycles. The van der Waals surface area contributed by atoms with Gasteiger partial charge in [-0.2, -0.15) is 0 Å². The fourth-order valence-electron chi connectivity index (χ4n) is 0.732. The van der Waals surface area contributed by atoms with E-state index < -0.39 is 0 Å². The van der Waals surface area contributed by atoms with Crippen molar-refractivity contribution < 1.29 is 4.79 Å². The maximum Gasteiger partial charge on any atom is 0.133 e. The van der Waals surface area contributed by atoms with Crippen LogP contribution in [0.2, 0.25) is 0 Å². The Labute approximate surface area is 62.0 Å². The Kier molecular flexibility index (Phi) is 8.24. The Bertz CT molecular complexity index is 76.0. The Morgan fingerprint density at radius 2 is 2.10 bits per heavy atom. The number of carbonyl (C=O) groups is 1. The number of nitrogens with one attached hydrogen (secondary N) is 1. The fraction of sp³-hybridized carbons (Fsp3) is 0.857. The molecule has 0 saturated carbocycles. The van der Waals surface area contributed by atoms with Gasteiger partial charge in [-0.3, -0.25) is 0 Å². The van der Waals surface area contributed by atoms with Crippen LogP contribution in [-0.2, 0) is 4.79 Å². The van der Waals surface area contributed by atoms with Crippen LogP contribution in [-0.4, -0.2) is 25.9 Å². The van der Waals surface area contributed by atoms with E-state index in [1.165, 1.54) is 0 Å². The number of nitrogens with two attached hydrogens (primary N) is 1. The van der Waals surface area contributed by atoms with E-state index in [0.717, 1.165) is 38.6 Å². The Morgan fingerprint density at radius 3 is 2.70 bits per heavy atom. The van der Waals surface area contributed by atoms with Gasteiger partial charge in [-0.05, 0) is 25.9 Å². The molecule has 0 aromatic carbocycles. The minimum atomic E-state index is 0.475. The molecule has 3 N–H and O–H groups in total. The largest absolute Gasteiger partial charge is 0.330 e. The lowest BCUT2D eigenvalue weighted by Crippen LogP contribution is -2.17. The number of hydrogen-bond donors (Lipinski definition) is 2. The second-order valence-electron chi connectivity index (χ2n) is 2.22. The zero-order valence-corrected chi connectivity index (χ0v) is 6.31. The third-order valence-electron chi connectivity index (χ3n) is 1.29. The van der Waals surface area contributed by atoms with Crippen molar-refractivity contribution in [1.82, 2.24) is 5.32 Å². The molecule has 0 saturated heterocycles. The highest BCUT2D eigenvalue weighted by molar-refractivity contribution is 5.51. The molecule has 0 heterocycles. The van der Waals surface area contributed by atoms with Gasteiger partial charge in [0.15, 0.2) is 0 Å². The SMILES string of the molecule is NCCCCCNCC=O. The number of carbonyl (C=O) groups excluding carboxylic acids is 1. The van der Waals surface area contributed by atoms with Crippen molar-refractivity contribution >= 4 is 6.29 Å². The van der Waals surface area contributed by atoms with Crippen LogP contribution in [0.25, 0.3) is 0 Å². The predicted molar refractivity (Wildman–Crippen MR) is 41.8 cm³/mol. The van der Waals surface area contributed by atoms with Crippen molar-refractivity contribution in [3.8, 4) is 0 Å². The topological polar surface area (TPSA) is 55.1 Å². The summed E-state index contributed by atoms with van der Waals surface area (Å²) in [6, 6.07) is 0. The molecular weight excluding hydrogens is 128 g/mol. The lowest BCUT2D eigenvalue weighted by atomic mass is 10.2. The van der Waals surface area contributed by atoms with E-state index in [2.05, 4.69) is 5.32 Å². The second kappa shape index (κ2) is 8.59. The van der Waals surface area contributed by atoms with Crippen LogP contribution in [0, 0.1) is 0 Å². The van der Waals surface area contributed by atoms with Crippen LogP contribution in [0.5, 0.6) is 0 Å². The van der Waals surface area contributed by atoms with Gasteiger partial charge in [0.25, 0.3) is 0 Å². The number of unbranched alkanes of at least 4 members (excludes halogenated alkanes) is 2. The Balaban J connectivity index is 2.70. The van der Waals surface area contributed by atoms with Crippen molar-refractivity contribution in [2.75, 3.05) is 19.6 Å². The molecular formula is C7H16N2O. The standard InChI is InChI=1S/C7H16N2O/c8-4-2-1-3-5-9-6-7-10/h7,9H,1-6,8H2. The Hall–Kier alpha value is -0.410. The molecule has 3 nitrogen and oxygen atoms in total. The number of aldehydes is 1. The lowest BCUT2D eigenvalue weighted by Gasteiger charge is -1.98. The molecule has 0 atom stereocenters. The summed E-state index contributed by atoms with van der Waals surface area (Å²) in [5.41, 5.74) is 5.29. The van der Waals surface area contributed by atoms with E-state index >= 15 is 0 Å².